The Morgan fingerprint density at radius 1 is 1.14 bits per heavy atom. The molecule has 204 valence electrons. The second-order valence-corrected chi connectivity index (χ2v) is 10.9. The molecular weight excluding hydrogens is 532 g/mol. The molecule has 0 unspecified atom stereocenters. The largest absolute Gasteiger partial charge is 0.449 e. The Morgan fingerprint density at radius 2 is 1.78 bits per heavy atom. The predicted molar refractivity (Wildman–Crippen MR) is 118 cm³/mol. The van der Waals surface area contributed by atoms with Crippen molar-refractivity contribution in [2.45, 2.75) is 44.6 Å². The van der Waals surface area contributed by atoms with Crippen LogP contribution in [-0.2, 0) is 45.1 Å². The summed E-state index contributed by atoms with van der Waals surface area (Å²) in [7, 11) is -3.50. The highest BCUT2D eigenvalue weighted by atomic mass is 32.2. The number of anilines is 1. The zero-order chi connectivity index (χ0) is 27.7. The number of carbonyl (C=O) groups excluding carboxylic acids is 2. The van der Waals surface area contributed by atoms with E-state index in [2.05, 4.69) is 10.3 Å². The molecule has 2 amide bonds. The normalized spacial score (nSPS) is 14.9. The number of sulfone groups is 1. The van der Waals surface area contributed by atoms with Crippen molar-refractivity contribution in [3.05, 3.63) is 46.7 Å². The first-order valence-electron chi connectivity index (χ1n) is 10.9. The topological polar surface area (TPSA) is 127 Å². The van der Waals surface area contributed by atoms with Gasteiger partial charge in [-0.3, -0.25) is 9.59 Å². The Balaban J connectivity index is 1.74. The maximum Gasteiger partial charge on any atom is 0.449 e. The second-order valence-electron chi connectivity index (χ2n) is 8.65. The number of nitrogens with zero attached hydrogens (tertiary/aromatic N) is 3. The fourth-order valence-corrected chi connectivity index (χ4v) is 4.35. The summed E-state index contributed by atoms with van der Waals surface area (Å²) in [6.07, 6.45) is -5.16. The molecule has 0 saturated carbocycles. The maximum atomic E-state index is 13.9. The number of hydrogen-bond donors (Lipinski definition) is 2. The minimum absolute atomic E-state index is 0.125. The first-order valence-corrected chi connectivity index (χ1v) is 12.9. The van der Waals surface area contributed by atoms with Crippen molar-refractivity contribution < 1.29 is 44.3 Å². The first-order chi connectivity index (χ1) is 17.0. The summed E-state index contributed by atoms with van der Waals surface area (Å²) >= 11 is 0. The average Bonchev–Trinajstić information content (AvgIpc) is 3.13. The van der Waals surface area contributed by atoms with E-state index in [1.807, 2.05) is 0 Å². The number of fused-ring (bicyclic) bond motifs is 1. The first kappa shape index (κ1) is 28.4. The van der Waals surface area contributed by atoms with Crippen molar-refractivity contribution in [1.82, 2.24) is 14.5 Å². The van der Waals surface area contributed by atoms with Gasteiger partial charge in [0.25, 0.3) is 0 Å². The van der Waals surface area contributed by atoms with E-state index in [1.165, 1.54) is 4.90 Å². The third-order valence-electron chi connectivity index (χ3n) is 5.58. The molecule has 3 rings (SSSR count). The van der Waals surface area contributed by atoms with Crippen LogP contribution < -0.4 is 11.1 Å². The zero-order valence-corrected chi connectivity index (χ0v) is 20.2. The summed E-state index contributed by atoms with van der Waals surface area (Å²) in [5, 5.41) is 2.18. The molecule has 1 aliphatic rings. The van der Waals surface area contributed by atoms with Crippen LogP contribution in [0.2, 0.25) is 0 Å². The van der Waals surface area contributed by atoms with Gasteiger partial charge < -0.3 is 20.5 Å². The highest BCUT2D eigenvalue weighted by Crippen LogP contribution is 2.34. The van der Waals surface area contributed by atoms with Crippen molar-refractivity contribution in [3.63, 3.8) is 0 Å². The van der Waals surface area contributed by atoms with Gasteiger partial charge in [0.15, 0.2) is 17.5 Å². The number of nitrogens with one attached hydrogen (secondary N) is 1. The highest BCUT2D eigenvalue weighted by molar-refractivity contribution is 7.90. The number of amides is 2. The van der Waals surface area contributed by atoms with Gasteiger partial charge >= 0.3 is 6.18 Å². The smallest absolute Gasteiger partial charge is 0.335 e. The minimum atomic E-state index is -4.87. The third kappa shape index (κ3) is 7.21. The summed E-state index contributed by atoms with van der Waals surface area (Å²) in [6.45, 7) is -0.843. The molecule has 3 N–H and O–H groups in total. The number of halogens is 6. The van der Waals surface area contributed by atoms with Crippen LogP contribution in [-0.4, -0.2) is 59.3 Å². The molecular formula is C21H23F6N5O4S. The molecule has 2 heterocycles. The van der Waals surface area contributed by atoms with Gasteiger partial charge in [0.05, 0.1) is 18.0 Å². The molecule has 9 nitrogen and oxygen atoms in total. The van der Waals surface area contributed by atoms with E-state index in [0.717, 1.165) is 10.8 Å². The lowest BCUT2D eigenvalue weighted by Gasteiger charge is -2.30. The average molecular weight is 556 g/mol. The summed E-state index contributed by atoms with van der Waals surface area (Å²) in [6, 6.07) is -0.0273. The molecule has 1 atom stereocenters. The monoisotopic (exact) mass is 555 g/mol. The van der Waals surface area contributed by atoms with Crippen LogP contribution in [0.25, 0.3) is 0 Å². The second kappa shape index (κ2) is 10.7. The molecule has 16 heteroatoms. The van der Waals surface area contributed by atoms with E-state index >= 15 is 0 Å². The predicted octanol–water partition coefficient (Wildman–Crippen LogP) is 1.99. The molecule has 0 saturated heterocycles. The molecule has 1 aromatic heterocycles. The van der Waals surface area contributed by atoms with E-state index in [1.54, 1.807) is 0 Å². The Hall–Kier alpha value is -3.14. The van der Waals surface area contributed by atoms with Crippen LogP contribution in [0.5, 0.6) is 0 Å². The third-order valence-corrected chi connectivity index (χ3v) is 6.52. The summed E-state index contributed by atoms with van der Waals surface area (Å²) in [5.41, 5.74) is 5.52. The molecule has 0 aliphatic carbocycles. The molecule has 0 bridgehead atoms. The maximum absolute atomic E-state index is 13.9. The number of nitrogens with two attached hydrogens (primary N) is 1. The zero-order valence-electron chi connectivity index (χ0n) is 19.4. The number of hydrogen-bond acceptors (Lipinski definition) is 6. The lowest BCUT2D eigenvalue weighted by Crippen LogP contribution is -2.42. The Morgan fingerprint density at radius 3 is 2.41 bits per heavy atom. The lowest BCUT2D eigenvalue weighted by atomic mass is 10.0. The highest BCUT2D eigenvalue weighted by Gasteiger charge is 2.41. The van der Waals surface area contributed by atoms with E-state index in [9.17, 15) is 44.3 Å². The summed E-state index contributed by atoms with van der Waals surface area (Å²) < 4.78 is 104. The number of benzene rings is 1. The van der Waals surface area contributed by atoms with Gasteiger partial charge in [0.2, 0.25) is 17.6 Å². The van der Waals surface area contributed by atoms with Crippen LogP contribution in [0.4, 0.5) is 32.2 Å². The number of alkyl halides is 3. The van der Waals surface area contributed by atoms with Crippen molar-refractivity contribution in [2.24, 2.45) is 5.73 Å². The number of imidazole rings is 1. The fourth-order valence-electron chi connectivity index (χ4n) is 3.80. The number of carbonyl (C=O) groups is 2. The van der Waals surface area contributed by atoms with Crippen molar-refractivity contribution >= 4 is 27.5 Å². The van der Waals surface area contributed by atoms with Crippen LogP contribution in [0, 0.1) is 17.5 Å². The van der Waals surface area contributed by atoms with Crippen LogP contribution in [0.15, 0.2) is 12.1 Å². The molecule has 1 aromatic carbocycles. The Kier molecular flexibility index (Phi) is 8.21. The van der Waals surface area contributed by atoms with Crippen molar-refractivity contribution in [1.29, 1.82) is 0 Å². The molecule has 1 aliphatic heterocycles. The molecule has 0 fully saturated rings. The van der Waals surface area contributed by atoms with Crippen LogP contribution in [0.1, 0.15) is 29.9 Å². The number of aromatic nitrogens is 2. The van der Waals surface area contributed by atoms with E-state index in [0.29, 0.717) is 12.1 Å². The van der Waals surface area contributed by atoms with Gasteiger partial charge in [0.1, 0.15) is 15.7 Å². The lowest BCUT2D eigenvalue weighted by molar-refractivity contribution is -0.148. The summed E-state index contributed by atoms with van der Waals surface area (Å²) in [4.78, 5) is 29.5. The van der Waals surface area contributed by atoms with E-state index < -0.39 is 75.1 Å². The van der Waals surface area contributed by atoms with Gasteiger partial charge in [0, 0.05) is 44.3 Å². The van der Waals surface area contributed by atoms with Gasteiger partial charge in [-0.25, -0.2) is 26.6 Å². The van der Waals surface area contributed by atoms with Gasteiger partial charge in [-0.15, -0.1) is 0 Å². The summed E-state index contributed by atoms with van der Waals surface area (Å²) in [5.74, 6) is -7.47. The van der Waals surface area contributed by atoms with Crippen molar-refractivity contribution in [2.75, 3.05) is 23.9 Å². The molecule has 0 radical (unpaired) electrons. The molecule has 37 heavy (non-hydrogen) atoms. The fraction of sp³-hybridized carbons (Fsp3) is 0.476. The van der Waals surface area contributed by atoms with Crippen LogP contribution >= 0.6 is 0 Å². The van der Waals surface area contributed by atoms with E-state index in [-0.39, 0.29) is 43.7 Å². The molecule has 2 aromatic rings. The van der Waals surface area contributed by atoms with Gasteiger partial charge in [-0.1, -0.05) is 0 Å². The molecule has 0 spiro atoms. The van der Waals surface area contributed by atoms with Gasteiger partial charge in [-0.2, -0.15) is 13.2 Å². The standard InChI is InChI=1S/C21H23F6N5O4S/c1-37(35,36)5-2-17(33)29-19-16-10-31(3-4-32(16)20(30-19)21(25,26)27)18(34)8-12(28)6-11-7-14(23)15(24)9-13(11)22/h7,9,12H,2-6,8,10,28H2,1H3,(H,29,33)/t12-/m1/s1. The Labute approximate surface area is 207 Å². The minimum Gasteiger partial charge on any atom is -0.335 e. The number of rotatable bonds is 8. The Bertz CT molecular complexity index is 1310. The van der Waals surface area contributed by atoms with Crippen molar-refractivity contribution in [3.8, 4) is 0 Å². The van der Waals surface area contributed by atoms with E-state index in [4.69, 9.17) is 5.73 Å². The quantitative estimate of drug-likeness (QED) is 0.379. The SMILES string of the molecule is CS(=O)(=O)CCC(=O)Nc1nc(C(F)(F)F)n2c1CN(C(=O)C[C@H](N)Cc1cc(F)c(F)cc1F)CC2. The van der Waals surface area contributed by atoms with Crippen LogP contribution in [0.3, 0.4) is 0 Å². The van der Waals surface area contributed by atoms with Gasteiger partial charge in [-0.05, 0) is 18.1 Å².